The molecule has 0 unspecified atom stereocenters. The zero-order valence-corrected chi connectivity index (χ0v) is 16.2. The number of halogens is 3. The zero-order chi connectivity index (χ0) is 18.3. The van der Waals surface area contributed by atoms with Crippen molar-refractivity contribution in [3.63, 3.8) is 0 Å². The largest absolute Gasteiger partial charge is 2.00 e. The van der Waals surface area contributed by atoms with Gasteiger partial charge in [-0.2, -0.15) is 34.4 Å². The molecule has 1 radical (unpaired) electrons. The van der Waals surface area contributed by atoms with E-state index >= 15 is 0 Å². The zero-order valence-electron chi connectivity index (χ0n) is 13.8. The fraction of sp³-hybridized carbons (Fsp3) is 0.529. The van der Waals surface area contributed by atoms with E-state index in [2.05, 4.69) is 48.6 Å². The molecule has 0 saturated carbocycles. The van der Waals surface area contributed by atoms with E-state index in [1.54, 1.807) is 0 Å². The van der Waals surface area contributed by atoms with Gasteiger partial charge in [0.05, 0.1) is 0 Å². The normalized spacial score (nSPS) is 18.6. The molecule has 1 N–H and O–H groups in total. The first kappa shape index (κ1) is 26.5. The fourth-order valence-corrected chi connectivity index (χ4v) is 1.57. The smallest absolute Gasteiger partial charge is 0.500 e. The first-order chi connectivity index (χ1) is 11.2. The SMILES string of the molecule is O=S(=O)(O)C(F)(F)F.[C-]1=CCC/C=C\CC1.[C-]1=CCCC=CCC1.[Rh+2]. The number of hydrogen-bond donors (Lipinski definition) is 1. The molecule has 2 aliphatic rings. The Balaban J connectivity index is 0. The van der Waals surface area contributed by atoms with Crippen LogP contribution in [0, 0.1) is 12.2 Å². The molecule has 0 aromatic rings. The van der Waals surface area contributed by atoms with E-state index in [0.717, 1.165) is 12.8 Å². The van der Waals surface area contributed by atoms with Crippen molar-refractivity contribution >= 4 is 10.1 Å². The quantitative estimate of drug-likeness (QED) is 0.172. The molecule has 0 atom stereocenters. The molecule has 145 valence electrons. The Labute approximate surface area is 161 Å². The van der Waals surface area contributed by atoms with Gasteiger partial charge in [0.1, 0.15) is 0 Å². The molecule has 2 rings (SSSR count). The second kappa shape index (κ2) is 15.5. The molecular formula is C17H23F3O3RhS. The first-order valence-corrected chi connectivity index (χ1v) is 9.13. The van der Waals surface area contributed by atoms with Gasteiger partial charge in [-0.3, -0.25) is 16.7 Å². The number of allylic oxidation sites excluding steroid dienone is 8. The number of alkyl halides is 3. The van der Waals surface area contributed by atoms with Crippen molar-refractivity contribution in [3.05, 3.63) is 48.6 Å². The Morgan fingerprint density at radius 3 is 1.40 bits per heavy atom. The van der Waals surface area contributed by atoms with Crippen molar-refractivity contribution in [2.24, 2.45) is 0 Å². The predicted molar refractivity (Wildman–Crippen MR) is 88.4 cm³/mol. The van der Waals surface area contributed by atoms with E-state index in [1.807, 2.05) is 0 Å². The van der Waals surface area contributed by atoms with Crippen molar-refractivity contribution in [1.29, 1.82) is 0 Å². The van der Waals surface area contributed by atoms with Crippen LogP contribution in [-0.4, -0.2) is 18.5 Å². The van der Waals surface area contributed by atoms with Crippen LogP contribution >= 0.6 is 0 Å². The Kier molecular flexibility index (Phi) is 16.5. The number of hydrogen-bond acceptors (Lipinski definition) is 2. The molecule has 8 heteroatoms. The van der Waals surface area contributed by atoms with Gasteiger partial charge in [-0.15, -0.1) is 0 Å². The summed E-state index contributed by atoms with van der Waals surface area (Å²) in [7, 11) is -5.84. The Morgan fingerprint density at radius 1 is 0.760 bits per heavy atom. The standard InChI is InChI=1S/2C8H11.CHF3O3S.Rh/c2*1-2-4-6-8-7-5-3-1;2-1(3,4)8(5,6)7;/h2*1-2,7H,3-6H2;(H,5,6,7);/q2*-1;;+2/b2-1-;;;. The van der Waals surface area contributed by atoms with Gasteiger partial charge >= 0.3 is 35.1 Å². The summed E-state index contributed by atoms with van der Waals surface area (Å²) in [6.07, 6.45) is 29.0. The van der Waals surface area contributed by atoms with Crippen molar-refractivity contribution in [2.75, 3.05) is 0 Å². The third kappa shape index (κ3) is 17.9. The predicted octanol–water partition coefficient (Wildman–Crippen LogP) is 5.34. The minimum Gasteiger partial charge on any atom is -0.500 e. The Bertz CT molecular complexity index is 456. The van der Waals surface area contributed by atoms with Crippen molar-refractivity contribution < 1.29 is 45.6 Å². The maximum Gasteiger partial charge on any atom is 2.00 e. The monoisotopic (exact) mass is 467 g/mol. The van der Waals surface area contributed by atoms with Gasteiger partial charge < -0.3 is 12.2 Å². The summed E-state index contributed by atoms with van der Waals surface area (Å²) in [4.78, 5) is 0. The number of rotatable bonds is 0. The van der Waals surface area contributed by atoms with E-state index in [4.69, 9.17) is 13.0 Å². The van der Waals surface area contributed by atoms with Crippen LogP contribution in [0.2, 0.25) is 0 Å². The van der Waals surface area contributed by atoms with Gasteiger partial charge in [0.25, 0.3) is 0 Å². The van der Waals surface area contributed by atoms with E-state index in [-0.39, 0.29) is 19.5 Å². The van der Waals surface area contributed by atoms with Crippen molar-refractivity contribution in [2.45, 2.75) is 56.9 Å². The first-order valence-electron chi connectivity index (χ1n) is 7.69. The minimum atomic E-state index is -5.84. The summed E-state index contributed by atoms with van der Waals surface area (Å²) in [6.45, 7) is 0. The van der Waals surface area contributed by atoms with Gasteiger partial charge in [0.15, 0.2) is 0 Å². The van der Waals surface area contributed by atoms with Gasteiger partial charge in [-0.1, -0.05) is 50.0 Å². The molecule has 0 amide bonds. The van der Waals surface area contributed by atoms with Crippen LogP contribution in [0.25, 0.3) is 0 Å². The molecule has 25 heavy (non-hydrogen) atoms. The van der Waals surface area contributed by atoms with Gasteiger partial charge in [-0.25, -0.2) is 0 Å². The van der Waals surface area contributed by atoms with E-state index < -0.39 is 15.6 Å². The summed E-state index contributed by atoms with van der Waals surface area (Å²) in [5, 5.41) is 0. The summed E-state index contributed by atoms with van der Waals surface area (Å²) < 4.78 is 57.5. The van der Waals surface area contributed by atoms with Crippen LogP contribution in [0.3, 0.4) is 0 Å². The average Bonchev–Trinajstić information content (AvgIpc) is 2.35. The molecular weight excluding hydrogens is 444 g/mol. The van der Waals surface area contributed by atoms with E-state index in [0.29, 0.717) is 0 Å². The third-order valence-electron chi connectivity index (χ3n) is 2.78. The third-order valence-corrected chi connectivity index (χ3v) is 3.37. The fourth-order valence-electron chi connectivity index (χ4n) is 1.57. The van der Waals surface area contributed by atoms with Crippen LogP contribution in [0.1, 0.15) is 51.4 Å². The van der Waals surface area contributed by atoms with Crippen molar-refractivity contribution in [1.82, 2.24) is 0 Å². The van der Waals surface area contributed by atoms with Crippen molar-refractivity contribution in [3.8, 4) is 0 Å². The van der Waals surface area contributed by atoms with Gasteiger partial charge in [0, 0.05) is 0 Å². The summed E-state index contributed by atoms with van der Waals surface area (Å²) >= 11 is 0. The van der Waals surface area contributed by atoms with Gasteiger partial charge in [-0.05, 0) is 12.8 Å². The summed E-state index contributed by atoms with van der Waals surface area (Å²) in [6, 6.07) is 0. The van der Waals surface area contributed by atoms with Crippen LogP contribution in [0.5, 0.6) is 0 Å². The van der Waals surface area contributed by atoms with E-state index in [9.17, 15) is 13.2 Å². The maximum absolute atomic E-state index is 10.7. The molecule has 0 heterocycles. The molecule has 0 bridgehead atoms. The second-order valence-corrected chi connectivity index (χ2v) is 6.33. The average molecular weight is 467 g/mol. The molecule has 0 aliphatic heterocycles. The van der Waals surface area contributed by atoms with E-state index in [1.165, 1.54) is 38.5 Å². The van der Waals surface area contributed by atoms with Crippen LogP contribution in [-0.2, 0) is 29.6 Å². The molecule has 0 spiro atoms. The van der Waals surface area contributed by atoms with Crippen LogP contribution in [0.15, 0.2) is 36.5 Å². The maximum atomic E-state index is 10.7. The summed E-state index contributed by atoms with van der Waals surface area (Å²) in [5.41, 5.74) is -5.53. The summed E-state index contributed by atoms with van der Waals surface area (Å²) in [5.74, 6) is 0. The topological polar surface area (TPSA) is 54.4 Å². The van der Waals surface area contributed by atoms with Crippen LogP contribution < -0.4 is 0 Å². The molecule has 2 aliphatic carbocycles. The van der Waals surface area contributed by atoms with Crippen LogP contribution in [0.4, 0.5) is 13.2 Å². The van der Waals surface area contributed by atoms with Gasteiger partial charge in [0.2, 0.25) is 0 Å². The Hall–Kier alpha value is -0.717. The minimum absolute atomic E-state index is 0. The Morgan fingerprint density at radius 2 is 1.08 bits per heavy atom. The molecule has 0 aromatic heterocycles. The second-order valence-electron chi connectivity index (χ2n) is 4.91. The molecule has 0 fully saturated rings. The molecule has 0 saturated heterocycles. The molecule has 3 nitrogen and oxygen atoms in total. The molecule has 0 aromatic carbocycles.